The Morgan fingerprint density at radius 1 is 0.938 bits per heavy atom. The minimum Gasteiger partial charge on any atom is -0.384 e. The van der Waals surface area contributed by atoms with Crippen molar-refractivity contribution >= 4 is 0 Å². The van der Waals surface area contributed by atoms with Crippen LogP contribution in [-0.2, 0) is 0 Å². The molecule has 0 radical (unpaired) electrons. The molecule has 0 fully saturated rings. The van der Waals surface area contributed by atoms with Crippen LogP contribution in [0.15, 0.2) is 54.1 Å². The molecule has 0 spiro atoms. The Hall–Kier alpha value is -1.34. The standard InChI is InChI=1S/C15H18O/c16-15(14-11-7-4-8-12-14)13-9-5-2-1-3-6-10-13/h1-2,4,7-8,10-12,15-16H,3,5-6,9H2/b2-1-,13-10+. The van der Waals surface area contributed by atoms with Gasteiger partial charge in [-0.15, -0.1) is 0 Å². The van der Waals surface area contributed by atoms with Crippen molar-refractivity contribution in [2.24, 2.45) is 0 Å². The van der Waals surface area contributed by atoms with E-state index in [1.54, 1.807) is 0 Å². The Morgan fingerprint density at radius 2 is 1.69 bits per heavy atom. The molecular weight excluding hydrogens is 196 g/mol. The van der Waals surface area contributed by atoms with E-state index in [9.17, 15) is 5.11 Å². The van der Waals surface area contributed by atoms with Crippen molar-refractivity contribution < 1.29 is 5.11 Å². The van der Waals surface area contributed by atoms with Crippen LogP contribution in [0.4, 0.5) is 0 Å². The molecule has 0 saturated carbocycles. The fourth-order valence-corrected chi connectivity index (χ4v) is 2.05. The zero-order chi connectivity index (χ0) is 11.2. The largest absolute Gasteiger partial charge is 0.384 e. The summed E-state index contributed by atoms with van der Waals surface area (Å²) >= 11 is 0. The summed E-state index contributed by atoms with van der Waals surface area (Å²) in [7, 11) is 0. The Morgan fingerprint density at radius 3 is 2.50 bits per heavy atom. The molecule has 2 rings (SSSR count). The summed E-state index contributed by atoms with van der Waals surface area (Å²) in [6.07, 6.45) is 10.3. The molecule has 16 heavy (non-hydrogen) atoms. The van der Waals surface area contributed by atoms with Crippen LogP contribution in [0.1, 0.15) is 37.4 Å². The van der Waals surface area contributed by atoms with Crippen LogP contribution >= 0.6 is 0 Å². The summed E-state index contributed by atoms with van der Waals surface area (Å²) < 4.78 is 0. The third kappa shape index (κ3) is 2.83. The van der Waals surface area contributed by atoms with Gasteiger partial charge in [0.05, 0.1) is 0 Å². The molecule has 1 aromatic carbocycles. The summed E-state index contributed by atoms with van der Waals surface area (Å²) in [6, 6.07) is 9.90. The number of hydrogen-bond acceptors (Lipinski definition) is 1. The van der Waals surface area contributed by atoms with E-state index in [1.165, 1.54) is 0 Å². The SMILES string of the molecule is OC(/C1=C/CC/C=C\CC1)c1ccccc1. The highest BCUT2D eigenvalue weighted by Crippen LogP contribution is 2.26. The van der Waals surface area contributed by atoms with Gasteiger partial charge in [-0.3, -0.25) is 0 Å². The van der Waals surface area contributed by atoms with Gasteiger partial charge >= 0.3 is 0 Å². The highest BCUT2D eigenvalue weighted by atomic mass is 16.3. The van der Waals surface area contributed by atoms with Crippen LogP contribution in [0.3, 0.4) is 0 Å². The lowest BCUT2D eigenvalue weighted by Crippen LogP contribution is -2.02. The predicted molar refractivity (Wildman–Crippen MR) is 67.1 cm³/mol. The second-order valence-electron chi connectivity index (χ2n) is 4.18. The molecule has 1 N–H and O–H groups in total. The van der Waals surface area contributed by atoms with Crippen molar-refractivity contribution in [1.82, 2.24) is 0 Å². The molecule has 1 aliphatic carbocycles. The summed E-state index contributed by atoms with van der Waals surface area (Å²) in [4.78, 5) is 0. The Bertz CT molecular complexity index is 376. The Balaban J connectivity index is 2.11. The zero-order valence-electron chi connectivity index (χ0n) is 9.47. The highest BCUT2D eigenvalue weighted by molar-refractivity contribution is 5.26. The first-order valence-corrected chi connectivity index (χ1v) is 5.95. The molecule has 1 aliphatic rings. The molecule has 0 amide bonds. The number of aliphatic hydroxyl groups is 1. The number of rotatable bonds is 2. The molecule has 1 heteroatoms. The van der Waals surface area contributed by atoms with Crippen LogP contribution in [0.2, 0.25) is 0 Å². The van der Waals surface area contributed by atoms with Crippen molar-refractivity contribution in [3.8, 4) is 0 Å². The molecule has 84 valence electrons. The quantitative estimate of drug-likeness (QED) is 0.743. The van der Waals surface area contributed by atoms with Crippen molar-refractivity contribution in [2.45, 2.75) is 31.8 Å². The van der Waals surface area contributed by atoms with E-state index < -0.39 is 6.10 Å². The molecule has 1 aromatic rings. The van der Waals surface area contributed by atoms with Gasteiger partial charge in [0.15, 0.2) is 0 Å². The van der Waals surface area contributed by atoms with Gasteiger partial charge in [-0.05, 0) is 36.8 Å². The lowest BCUT2D eigenvalue weighted by molar-refractivity contribution is 0.210. The van der Waals surface area contributed by atoms with Gasteiger partial charge in [-0.25, -0.2) is 0 Å². The monoisotopic (exact) mass is 214 g/mol. The second-order valence-corrected chi connectivity index (χ2v) is 4.18. The lowest BCUT2D eigenvalue weighted by atomic mass is 9.95. The maximum absolute atomic E-state index is 10.3. The molecule has 0 aromatic heterocycles. The van der Waals surface area contributed by atoms with Crippen molar-refractivity contribution in [1.29, 1.82) is 0 Å². The van der Waals surface area contributed by atoms with E-state index in [4.69, 9.17) is 0 Å². The van der Waals surface area contributed by atoms with Gasteiger partial charge in [-0.1, -0.05) is 48.6 Å². The molecule has 0 bridgehead atoms. The van der Waals surface area contributed by atoms with Gasteiger partial charge in [0, 0.05) is 0 Å². The van der Waals surface area contributed by atoms with Crippen LogP contribution in [0, 0.1) is 0 Å². The summed E-state index contributed by atoms with van der Waals surface area (Å²) in [5.74, 6) is 0. The fourth-order valence-electron chi connectivity index (χ4n) is 2.05. The number of hydrogen-bond donors (Lipinski definition) is 1. The molecular formula is C15H18O. The normalized spacial score (nSPS) is 23.7. The van der Waals surface area contributed by atoms with E-state index in [0.717, 1.165) is 36.8 Å². The molecule has 1 atom stereocenters. The minimum atomic E-state index is -0.423. The van der Waals surface area contributed by atoms with Crippen molar-refractivity contribution in [2.75, 3.05) is 0 Å². The minimum absolute atomic E-state index is 0.423. The summed E-state index contributed by atoms with van der Waals surface area (Å²) in [5.41, 5.74) is 2.16. The van der Waals surface area contributed by atoms with Gasteiger partial charge in [0.1, 0.15) is 6.10 Å². The van der Waals surface area contributed by atoms with E-state index in [-0.39, 0.29) is 0 Å². The van der Waals surface area contributed by atoms with Crippen LogP contribution in [-0.4, -0.2) is 5.11 Å². The van der Waals surface area contributed by atoms with Gasteiger partial charge in [0.2, 0.25) is 0 Å². The summed E-state index contributed by atoms with van der Waals surface area (Å²) in [5, 5.41) is 10.3. The summed E-state index contributed by atoms with van der Waals surface area (Å²) in [6.45, 7) is 0. The highest BCUT2D eigenvalue weighted by Gasteiger charge is 2.12. The van der Waals surface area contributed by atoms with Gasteiger partial charge < -0.3 is 5.11 Å². The first-order valence-electron chi connectivity index (χ1n) is 5.95. The maximum atomic E-state index is 10.3. The lowest BCUT2D eigenvalue weighted by Gasteiger charge is -2.16. The molecule has 1 nitrogen and oxygen atoms in total. The average Bonchev–Trinajstić information content (AvgIpc) is 2.29. The predicted octanol–water partition coefficient (Wildman–Crippen LogP) is 3.78. The van der Waals surface area contributed by atoms with Gasteiger partial charge in [-0.2, -0.15) is 0 Å². The Labute approximate surface area is 97.1 Å². The molecule has 0 aliphatic heterocycles. The molecule has 0 heterocycles. The first kappa shape index (κ1) is 11.2. The van der Waals surface area contributed by atoms with Crippen molar-refractivity contribution in [3.63, 3.8) is 0 Å². The number of aliphatic hydroxyl groups excluding tert-OH is 1. The van der Waals surface area contributed by atoms with E-state index in [2.05, 4.69) is 18.2 Å². The Kier molecular flexibility index (Phi) is 3.95. The third-order valence-electron chi connectivity index (χ3n) is 2.97. The third-order valence-corrected chi connectivity index (χ3v) is 2.97. The van der Waals surface area contributed by atoms with Crippen LogP contribution < -0.4 is 0 Å². The smallest absolute Gasteiger partial charge is 0.100 e. The zero-order valence-corrected chi connectivity index (χ0v) is 9.47. The maximum Gasteiger partial charge on any atom is 0.100 e. The molecule has 1 unspecified atom stereocenters. The van der Waals surface area contributed by atoms with E-state index in [1.807, 2.05) is 30.3 Å². The topological polar surface area (TPSA) is 20.2 Å². The van der Waals surface area contributed by atoms with Gasteiger partial charge in [0.25, 0.3) is 0 Å². The van der Waals surface area contributed by atoms with E-state index >= 15 is 0 Å². The van der Waals surface area contributed by atoms with Crippen LogP contribution in [0.25, 0.3) is 0 Å². The van der Waals surface area contributed by atoms with E-state index in [0.29, 0.717) is 0 Å². The number of benzene rings is 1. The average molecular weight is 214 g/mol. The number of allylic oxidation sites excluding steroid dienone is 3. The molecule has 0 saturated heterocycles. The fraction of sp³-hybridized carbons (Fsp3) is 0.333. The first-order chi connectivity index (χ1) is 7.88. The second kappa shape index (κ2) is 5.66. The van der Waals surface area contributed by atoms with Crippen molar-refractivity contribution in [3.05, 3.63) is 59.7 Å². The van der Waals surface area contributed by atoms with Crippen LogP contribution in [0.5, 0.6) is 0 Å².